The number of fused-ring (bicyclic) bond motifs is 3. The molecule has 2 aromatic rings. The first-order chi connectivity index (χ1) is 13.7. The van der Waals surface area contributed by atoms with E-state index in [1.54, 1.807) is 0 Å². The minimum atomic E-state index is -0.587. The Morgan fingerprint density at radius 3 is 1.68 bits per heavy atom. The maximum atomic E-state index is 10.7. The summed E-state index contributed by atoms with van der Waals surface area (Å²) < 4.78 is 11.8. The van der Waals surface area contributed by atoms with E-state index in [1.807, 2.05) is 36.4 Å². The smallest absolute Gasteiger partial charge is 0.119 e. The number of rotatable bonds is 12. The Morgan fingerprint density at radius 1 is 0.786 bits per heavy atom. The fraction of sp³-hybridized carbons (Fsp3) is 0.478. The van der Waals surface area contributed by atoms with E-state index in [1.165, 1.54) is 0 Å². The molecule has 0 saturated heterocycles. The summed E-state index contributed by atoms with van der Waals surface area (Å²) in [4.78, 5) is 0. The second-order valence-corrected chi connectivity index (χ2v) is 7.01. The number of nitrogens with one attached hydrogen (secondary N) is 2. The van der Waals surface area contributed by atoms with Crippen molar-refractivity contribution in [3.8, 4) is 22.6 Å². The molecule has 2 aromatic carbocycles. The molecule has 0 heterocycles. The monoisotopic (exact) mass is 384 g/mol. The minimum Gasteiger partial charge on any atom is -0.494 e. The zero-order chi connectivity index (χ0) is 19.8. The number of aliphatic hydroxyl groups is 1. The van der Waals surface area contributed by atoms with Crippen molar-refractivity contribution in [2.75, 3.05) is 39.4 Å². The second-order valence-electron chi connectivity index (χ2n) is 7.01. The summed E-state index contributed by atoms with van der Waals surface area (Å²) in [6.45, 7) is 9.43. The molecule has 28 heavy (non-hydrogen) atoms. The van der Waals surface area contributed by atoms with E-state index in [4.69, 9.17) is 9.47 Å². The van der Waals surface area contributed by atoms with E-state index >= 15 is 0 Å². The van der Waals surface area contributed by atoms with Gasteiger partial charge in [-0.15, -0.1) is 0 Å². The average Bonchev–Trinajstić information content (AvgIpc) is 2.99. The van der Waals surface area contributed by atoms with E-state index in [2.05, 4.69) is 24.5 Å². The summed E-state index contributed by atoms with van der Waals surface area (Å²) in [7, 11) is 0. The first-order valence-electron chi connectivity index (χ1n) is 10.4. The summed E-state index contributed by atoms with van der Waals surface area (Å²) in [6, 6.07) is 11.9. The molecule has 3 N–H and O–H groups in total. The van der Waals surface area contributed by atoms with Crippen LogP contribution in [-0.2, 0) is 0 Å². The summed E-state index contributed by atoms with van der Waals surface area (Å²) in [5, 5.41) is 17.3. The highest BCUT2D eigenvalue weighted by Crippen LogP contribution is 2.46. The molecular formula is C23H32N2O3. The highest BCUT2D eigenvalue weighted by atomic mass is 16.5. The van der Waals surface area contributed by atoms with Crippen molar-refractivity contribution in [3.05, 3.63) is 47.5 Å². The first-order valence-corrected chi connectivity index (χ1v) is 10.4. The molecule has 0 aromatic heterocycles. The summed E-state index contributed by atoms with van der Waals surface area (Å²) >= 11 is 0. The SMILES string of the molecule is CCNCCCOc1ccc2c(c1)-c1cc(OCCCNCC)ccc1C2O. The summed E-state index contributed by atoms with van der Waals surface area (Å²) in [6.07, 6.45) is 1.35. The van der Waals surface area contributed by atoms with Gasteiger partial charge < -0.3 is 25.2 Å². The third-order valence-corrected chi connectivity index (χ3v) is 4.96. The van der Waals surface area contributed by atoms with Gasteiger partial charge in [-0.2, -0.15) is 0 Å². The largest absolute Gasteiger partial charge is 0.494 e. The van der Waals surface area contributed by atoms with Crippen LogP contribution in [0.3, 0.4) is 0 Å². The molecule has 152 valence electrons. The zero-order valence-corrected chi connectivity index (χ0v) is 17.0. The lowest BCUT2D eigenvalue weighted by Crippen LogP contribution is -2.16. The number of hydrogen-bond acceptors (Lipinski definition) is 5. The molecule has 0 fully saturated rings. The van der Waals surface area contributed by atoms with E-state index < -0.39 is 6.10 Å². The fourth-order valence-electron chi connectivity index (χ4n) is 3.49. The van der Waals surface area contributed by atoms with Crippen molar-refractivity contribution < 1.29 is 14.6 Å². The standard InChI is InChI=1S/C23H32N2O3/c1-3-24-11-5-13-27-17-7-9-19-21(15-17)22-16-18(8-10-20(22)23(19)26)28-14-6-12-25-4-2/h7-10,15-16,23-26H,3-6,11-14H2,1-2H3. The predicted octanol–water partition coefficient (Wildman–Crippen LogP) is 3.51. The second kappa shape index (κ2) is 10.5. The van der Waals surface area contributed by atoms with Crippen molar-refractivity contribution in [1.82, 2.24) is 10.6 Å². The van der Waals surface area contributed by atoms with E-state index in [-0.39, 0.29) is 0 Å². The topological polar surface area (TPSA) is 62.8 Å². The summed E-state index contributed by atoms with van der Waals surface area (Å²) in [5.41, 5.74) is 3.92. The summed E-state index contributed by atoms with van der Waals surface area (Å²) in [5.74, 6) is 1.68. The van der Waals surface area contributed by atoms with Gasteiger partial charge in [-0.25, -0.2) is 0 Å². The van der Waals surface area contributed by atoms with Crippen LogP contribution in [0.2, 0.25) is 0 Å². The maximum absolute atomic E-state index is 10.7. The molecule has 1 aliphatic rings. The van der Waals surface area contributed by atoms with Crippen LogP contribution >= 0.6 is 0 Å². The van der Waals surface area contributed by atoms with Crippen molar-refractivity contribution >= 4 is 0 Å². The van der Waals surface area contributed by atoms with Crippen LogP contribution in [0.4, 0.5) is 0 Å². The molecule has 0 saturated carbocycles. The third-order valence-electron chi connectivity index (χ3n) is 4.96. The molecule has 0 unspecified atom stereocenters. The minimum absolute atomic E-state index is 0.587. The number of benzene rings is 2. The van der Waals surface area contributed by atoms with Gasteiger partial charge in [0.2, 0.25) is 0 Å². The van der Waals surface area contributed by atoms with Gasteiger partial charge in [-0.05, 0) is 85.5 Å². The Morgan fingerprint density at radius 2 is 1.25 bits per heavy atom. The van der Waals surface area contributed by atoms with Crippen molar-refractivity contribution in [2.45, 2.75) is 32.8 Å². The highest BCUT2D eigenvalue weighted by Gasteiger charge is 2.27. The Balaban J connectivity index is 1.67. The normalized spacial score (nSPS) is 12.7. The molecule has 0 amide bonds. The number of ether oxygens (including phenoxy) is 2. The van der Waals surface area contributed by atoms with Gasteiger partial charge in [0.25, 0.3) is 0 Å². The fourth-order valence-corrected chi connectivity index (χ4v) is 3.49. The lowest BCUT2D eigenvalue weighted by molar-refractivity contribution is 0.225. The quantitative estimate of drug-likeness (QED) is 0.489. The molecule has 5 heteroatoms. The van der Waals surface area contributed by atoms with Crippen LogP contribution < -0.4 is 20.1 Å². The van der Waals surface area contributed by atoms with Crippen LogP contribution in [0.5, 0.6) is 11.5 Å². The Labute approximate surface area is 168 Å². The van der Waals surface area contributed by atoms with Gasteiger partial charge >= 0.3 is 0 Å². The number of aliphatic hydroxyl groups excluding tert-OH is 1. The van der Waals surface area contributed by atoms with Crippen LogP contribution in [0.15, 0.2) is 36.4 Å². The van der Waals surface area contributed by atoms with Crippen LogP contribution in [-0.4, -0.2) is 44.5 Å². The van der Waals surface area contributed by atoms with Crippen LogP contribution in [0.25, 0.3) is 11.1 Å². The molecule has 3 rings (SSSR count). The Hall–Kier alpha value is -2.08. The Kier molecular flexibility index (Phi) is 7.71. The van der Waals surface area contributed by atoms with Crippen molar-refractivity contribution in [1.29, 1.82) is 0 Å². The van der Waals surface area contributed by atoms with Gasteiger partial charge in [0.1, 0.15) is 17.6 Å². The molecule has 0 spiro atoms. The zero-order valence-electron chi connectivity index (χ0n) is 17.0. The average molecular weight is 385 g/mol. The van der Waals surface area contributed by atoms with E-state index in [9.17, 15) is 5.11 Å². The third kappa shape index (κ3) is 5.04. The molecule has 1 aliphatic carbocycles. The predicted molar refractivity (Wildman–Crippen MR) is 113 cm³/mol. The molecule has 0 radical (unpaired) electrons. The van der Waals surface area contributed by atoms with Crippen molar-refractivity contribution in [3.63, 3.8) is 0 Å². The van der Waals surface area contributed by atoms with Crippen LogP contribution in [0, 0.1) is 0 Å². The van der Waals surface area contributed by atoms with Gasteiger partial charge in [0.15, 0.2) is 0 Å². The molecule has 5 nitrogen and oxygen atoms in total. The van der Waals surface area contributed by atoms with Gasteiger partial charge in [-0.1, -0.05) is 26.0 Å². The Bertz CT molecular complexity index is 700. The molecule has 0 atom stereocenters. The maximum Gasteiger partial charge on any atom is 0.119 e. The van der Waals surface area contributed by atoms with Gasteiger partial charge in [0.05, 0.1) is 13.2 Å². The van der Waals surface area contributed by atoms with Crippen LogP contribution in [0.1, 0.15) is 43.9 Å². The van der Waals surface area contributed by atoms with Gasteiger partial charge in [0, 0.05) is 0 Å². The molecule has 0 aliphatic heterocycles. The van der Waals surface area contributed by atoms with E-state index in [0.717, 1.165) is 72.8 Å². The van der Waals surface area contributed by atoms with Gasteiger partial charge in [-0.3, -0.25) is 0 Å². The lowest BCUT2D eigenvalue weighted by atomic mass is 10.1. The van der Waals surface area contributed by atoms with E-state index in [0.29, 0.717) is 13.2 Å². The first kappa shape index (κ1) is 20.6. The molecular weight excluding hydrogens is 352 g/mol. The highest BCUT2D eigenvalue weighted by molar-refractivity contribution is 5.80. The molecule has 0 bridgehead atoms. The number of hydrogen-bond donors (Lipinski definition) is 3. The lowest BCUT2D eigenvalue weighted by Gasteiger charge is -2.10. The van der Waals surface area contributed by atoms with Crippen molar-refractivity contribution in [2.24, 2.45) is 0 Å².